The van der Waals surface area contributed by atoms with Gasteiger partial charge in [-0.3, -0.25) is 0 Å². The third kappa shape index (κ3) is 1.79. The Labute approximate surface area is 102 Å². The summed E-state index contributed by atoms with van der Waals surface area (Å²) in [7, 11) is 1.85. The third-order valence-electron chi connectivity index (χ3n) is 2.66. The fraction of sp³-hybridized carbons (Fsp3) is 0.0769. The Morgan fingerprint density at radius 1 is 1.22 bits per heavy atom. The molecule has 0 amide bonds. The van der Waals surface area contributed by atoms with Crippen molar-refractivity contribution in [3.05, 3.63) is 42.5 Å². The van der Waals surface area contributed by atoms with Gasteiger partial charge in [0, 0.05) is 24.4 Å². The van der Waals surface area contributed by atoms with Crippen LogP contribution in [-0.2, 0) is 0 Å². The van der Waals surface area contributed by atoms with Crippen molar-refractivity contribution in [2.75, 3.05) is 12.4 Å². The number of halogens is 1. The summed E-state index contributed by atoms with van der Waals surface area (Å²) in [6.45, 7) is 0. The van der Waals surface area contributed by atoms with Crippen LogP contribution in [0.15, 0.2) is 40.9 Å². The summed E-state index contributed by atoms with van der Waals surface area (Å²) in [6.07, 6.45) is 1.36. The van der Waals surface area contributed by atoms with Crippen LogP contribution in [0.5, 0.6) is 0 Å². The van der Waals surface area contributed by atoms with Crippen molar-refractivity contribution in [3.8, 4) is 11.5 Å². The second kappa shape index (κ2) is 4.10. The van der Waals surface area contributed by atoms with Gasteiger partial charge >= 0.3 is 0 Å². The summed E-state index contributed by atoms with van der Waals surface area (Å²) in [6, 6.07) is 8.85. The standard InChI is InChI=1S/C13H10FN3O/c1-15-9-4-2-8(3-5-9)13-17-10-7-16-12(14)6-11(10)18-13/h2-7,15H,1H3. The van der Waals surface area contributed by atoms with Crippen LogP contribution in [0, 0.1) is 5.95 Å². The van der Waals surface area contributed by atoms with Crippen molar-refractivity contribution in [2.24, 2.45) is 0 Å². The molecule has 1 N–H and O–H groups in total. The van der Waals surface area contributed by atoms with Gasteiger partial charge in [0.15, 0.2) is 5.58 Å². The molecule has 3 aromatic rings. The van der Waals surface area contributed by atoms with Crippen LogP contribution in [0.3, 0.4) is 0 Å². The molecule has 0 atom stereocenters. The van der Waals surface area contributed by atoms with E-state index in [1.807, 2.05) is 31.3 Å². The molecular formula is C13H10FN3O. The Bertz CT molecular complexity index is 691. The topological polar surface area (TPSA) is 51.0 Å². The van der Waals surface area contributed by atoms with E-state index < -0.39 is 5.95 Å². The lowest BCUT2D eigenvalue weighted by Crippen LogP contribution is -1.86. The van der Waals surface area contributed by atoms with Gasteiger partial charge in [-0.15, -0.1) is 0 Å². The molecule has 0 fully saturated rings. The van der Waals surface area contributed by atoms with Gasteiger partial charge < -0.3 is 9.73 Å². The van der Waals surface area contributed by atoms with E-state index in [0.717, 1.165) is 11.3 Å². The van der Waals surface area contributed by atoms with Gasteiger partial charge in [-0.1, -0.05) is 0 Å². The Morgan fingerprint density at radius 3 is 2.72 bits per heavy atom. The van der Waals surface area contributed by atoms with E-state index in [-0.39, 0.29) is 0 Å². The van der Waals surface area contributed by atoms with Gasteiger partial charge in [-0.25, -0.2) is 9.97 Å². The Morgan fingerprint density at radius 2 is 2.00 bits per heavy atom. The maximum atomic E-state index is 12.9. The fourth-order valence-electron chi connectivity index (χ4n) is 1.71. The largest absolute Gasteiger partial charge is 0.436 e. The molecule has 0 aliphatic rings. The predicted molar refractivity (Wildman–Crippen MR) is 66.7 cm³/mol. The number of nitrogens with one attached hydrogen (secondary N) is 1. The van der Waals surface area contributed by atoms with Gasteiger partial charge in [0.1, 0.15) is 5.52 Å². The normalized spacial score (nSPS) is 10.8. The zero-order chi connectivity index (χ0) is 12.5. The quantitative estimate of drug-likeness (QED) is 0.703. The number of nitrogens with zero attached hydrogens (tertiary/aromatic N) is 2. The summed E-state index contributed by atoms with van der Waals surface area (Å²) in [5.41, 5.74) is 2.78. The first kappa shape index (κ1) is 10.7. The highest BCUT2D eigenvalue weighted by Gasteiger charge is 2.09. The van der Waals surface area contributed by atoms with Crippen LogP contribution < -0.4 is 5.32 Å². The first-order valence-electron chi connectivity index (χ1n) is 5.46. The molecule has 0 aliphatic carbocycles. The zero-order valence-corrected chi connectivity index (χ0v) is 9.64. The molecule has 0 saturated heterocycles. The summed E-state index contributed by atoms with van der Waals surface area (Å²) in [5, 5.41) is 3.03. The molecule has 0 spiro atoms. The lowest BCUT2D eigenvalue weighted by molar-refractivity contribution is 0.574. The van der Waals surface area contributed by atoms with Crippen LogP contribution in [0.25, 0.3) is 22.6 Å². The first-order chi connectivity index (χ1) is 8.76. The van der Waals surface area contributed by atoms with E-state index >= 15 is 0 Å². The highest BCUT2D eigenvalue weighted by atomic mass is 19.1. The number of benzene rings is 1. The maximum Gasteiger partial charge on any atom is 0.227 e. The Kier molecular flexibility index (Phi) is 2.44. The van der Waals surface area contributed by atoms with Crippen molar-refractivity contribution in [1.29, 1.82) is 0 Å². The van der Waals surface area contributed by atoms with Crippen molar-refractivity contribution in [2.45, 2.75) is 0 Å². The van der Waals surface area contributed by atoms with Crippen molar-refractivity contribution in [3.63, 3.8) is 0 Å². The molecule has 2 aromatic heterocycles. The Hall–Kier alpha value is -2.43. The zero-order valence-electron chi connectivity index (χ0n) is 9.64. The van der Waals surface area contributed by atoms with Gasteiger partial charge in [-0.05, 0) is 24.3 Å². The van der Waals surface area contributed by atoms with E-state index in [2.05, 4.69) is 15.3 Å². The molecule has 18 heavy (non-hydrogen) atoms. The lowest BCUT2D eigenvalue weighted by atomic mass is 10.2. The van der Waals surface area contributed by atoms with Gasteiger partial charge in [0.2, 0.25) is 11.8 Å². The monoisotopic (exact) mass is 243 g/mol. The molecule has 90 valence electrons. The molecule has 0 bridgehead atoms. The minimum absolute atomic E-state index is 0.398. The molecule has 2 heterocycles. The molecule has 1 aromatic carbocycles. The smallest absolute Gasteiger partial charge is 0.227 e. The highest BCUT2D eigenvalue weighted by molar-refractivity contribution is 5.75. The third-order valence-corrected chi connectivity index (χ3v) is 2.66. The average molecular weight is 243 g/mol. The predicted octanol–water partition coefficient (Wildman–Crippen LogP) is 3.07. The minimum Gasteiger partial charge on any atom is -0.436 e. The first-order valence-corrected chi connectivity index (χ1v) is 5.46. The number of fused-ring (bicyclic) bond motifs is 1. The number of rotatable bonds is 2. The summed E-state index contributed by atoms with van der Waals surface area (Å²) >= 11 is 0. The van der Waals surface area contributed by atoms with E-state index in [9.17, 15) is 4.39 Å². The van der Waals surface area contributed by atoms with E-state index in [1.54, 1.807) is 0 Å². The molecule has 3 rings (SSSR count). The molecule has 4 nitrogen and oxygen atoms in total. The number of hydrogen-bond donors (Lipinski definition) is 1. The fourth-order valence-corrected chi connectivity index (χ4v) is 1.71. The second-order valence-electron chi connectivity index (χ2n) is 3.82. The number of oxazole rings is 1. The van der Waals surface area contributed by atoms with Gasteiger partial charge in [-0.2, -0.15) is 4.39 Å². The second-order valence-corrected chi connectivity index (χ2v) is 3.82. The lowest BCUT2D eigenvalue weighted by Gasteiger charge is -1.99. The number of pyridine rings is 1. The van der Waals surface area contributed by atoms with E-state index in [1.165, 1.54) is 12.3 Å². The summed E-state index contributed by atoms with van der Waals surface area (Å²) in [4.78, 5) is 7.81. The minimum atomic E-state index is -0.573. The average Bonchev–Trinajstić information content (AvgIpc) is 2.81. The van der Waals surface area contributed by atoms with Crippen LogP contribution in [0.2, 0.25) is 0 Å². The van der Waals surface area contributed by atoms with Crippen LogP contribution in [-0.4, -0.2) is 17.0 Å². The van der Waals surface area contributed by atoms with Crippen molar-refractivity contribution >= 4 is 16.8 Å². The number of aromatic nitrogens is 2. The summed E-state index contributed by atoms with van der Waals surface area (Å²) < 4.78 is 18.4. The van der Waals surface area contributed by atoms with Crippen LogP contribution in [0.1, 0.15) is 0 Å². The number of anilines is 1. The van der Waals surface area contributed by atoms with Gasteiger partial charge in [0.25, 0.3) is 0 Å². The van der Waals surface area contributed by atoms with Gasteiger partial charge in [0.05, 0.1) is 6.20 Å². The molecule has 0 radical (unpaired) electrons. The molecule has 0 aliphatic heterocycles. The van der Waals surface area contributed by atoms with Crippen molar-refractivity contribution < 1.29 is 8.81 Å². The van der Waals surface area contributed by atoms with Crippen LogP contribution >= 0.6 is 0 Å². The van der Waals surface area contributed by atoms with Crippen LogP contribution in [0.4, 0.5) is 10.1 Å². The van der Waals surface area contributed by atoms with E-state index in [0.29, 0.717) is 17.0 Å². The molecular weight excluding hydrogens is 233 g/mol. The molecule has 0 unspecified atom stereocenters. The number of hydrogen-bond acceptors (Lipinski definition) is 4. The molecule has 5 heteroatoms. The van der Waals surface area contributed by atoms with Crippen molar-refractivity contribution in [1.82, 2.24) is 9.97 Å². The Balaban J connectivity index is 2.07. The highest BCUT2D eigenvalue weighted by Crippen LogP contribution is 2.25. The SMILES string of the molecule is CNc1ccc(-c2nc3cnc(F)cc3o2)cc1. The maximum absolute atomic E-state index is 12.9. The molecule has 0 saturated carbocycles. The summed E-state index contributed by atoms with van der Waals surface area (Å²) in [5.74, 6) is -0.115. The van der Waals surface area contributed by atoms with E-state index in [4.69, 9.17) is 4.42 Å².